The molecule has 0 aliphatic heterocycles. The molecule has 0 unspecified atom stereocenters. The number of hydrogen-bond donors (Lipinski definition) is 1. The highest BCUT2D eigenvalue weighted by Crippen LogP contribution is 2.06. The van der Waals surface area contributed by atoms with Crippen LogP contribution in [0.3, 0.4) is 0 Å². The Morgan fingerprint density at radius 2 is 1.94 bits per heavy atom. The largest absolute Gasteiger partial charge is 0.481 e. The van der Waals surface area contributed by atoms with Crippen LogP contribution < -0.4 is 10.1 Å². The number of hydrogen-bond acceptors (Lipinski definition) is 5. The number of aryl methyl sites for hydroxylation is 1. The van der Waals surface area contributed by atoms with Crippen LogP contribution in [0.25, 0.3) is 0 Å². The van der Waals surface area contributed by atoms with Gasteiger partial charge in [0.25, 0.3) is 0 Å². The van der Waals surface area contributed by atoms with E-state index in [1.807, 2.05) is 25.1 Å². The van der Waals surface area contributed by atoms with E-state index in [1.165, 1.54) is 0 Å². The van der Waals surface area contributed by atoms with Gasteiger partial charge in [0.1, 0.15) is 0 Å². The Balaban J connectivity index is 1.86. The SMILES string of the molecule is COc1cccc(CNCc2cnc(C)cn2)n1. The van der Waals surface area contributed by atoms with Gasteiger partial charge in [0, 0.05) is 31.5 Å². The Bertz CT molecular complexity index is 499. The van der Waals surface area contributed by atoms with E-state index in [4.69, 9.17) is 4.74 Å². The van der Waals surface area contributed by atoms with Crippen molar-refractivity contribution < 1.29 is 4.74 Å². The van der Waals surface area contributed by atoms with Gasteiger partial charge in [-0.1, -0.05) is 6.07 Å². The molecule has 0 aliphatic carbocycles. The van der Waals surface area contributed by atoms with Gasteiger partial charge in [-0.15, -0.1) is 0 Å². The second-order valence-corrected chi connectivity index (χ2v) is 3.92. The highest BCUT2D eigenvalue weighted by atomic mass is 16.5. The summed E-state index contributed by atoms with van der Waals surface area (Å²) in [5, 5.41) is 3.27. The smallest absolute Gasteiger partial charge is 0.213 e. The topological polar surface area (TPSA) is 59.9 Å². The van der Waals surface area contributed by atoms with Gasteiger partial charge in [0.2, 0.25) is 5.88 Å². The normalized spacial score (nSPS) is 10.3. The minimum atomic E-state index is 0.629. The first-order chi connectivity index (χ1) is 8.78. The Labute approximate surface area is 106 Å². The van der Waals surface area contributed by atoms with Gasteiger partial charge in [-0.3, -0.25) is 9.97 Å². The Kier molecular flexibility index (Phi) is 4.20. The fourth-order valence-electron chi connectivity index (χ4n) is 1.50. The van der Waals surface area contributed by atoms with Crippen molar-refractivity contribution in [3.63, 3.8) is 0 Å². The van der Waals surface area contributed by atoms with E-state index in [-0.39, 0.29) is 0 Å². The average Bonchev–Trinajstić information content (AvgIpc) is 2.41. The first-order valence-electron chi connectivity index (χ1n) is 5.76. The van der Waals surface area contributed by atoms with E-state index >= 15 is 0 Å². The zero-order valence-corrected chi connectivity index (χ0v) is 10.6. The van der Waals surface area contributed by atoms with E-state index in [2.05, 4.69) is 20.3 Å². The van der Waals surface area contributed by atoms with E-state index in [0.29, 0.717) is 19.0 Å². The highest BCUT2D eigenvalue weighted by Gasteiger charge is 1.98. The van der Waals surface area contributed by atoms with Crippen LogP contribution in [0.2, 0.25) is 0 Å². The molecule has 0 spiro atoms. The van der Waals surface area contributed by atoms with Crippen molar-refractivity contribution in [1.82, 2.24) is 20.3 Å². The molecule has 0 fully saturated rings. The molecule has 2 aromatic rings. The Morgan fingerprint density at radius 1 is 1.11 bits per heavy atom. The van der Waals surface area contributed by atoms with Crippen molar-refractivity contribution >= 4 is 0 Å². The predicted molar refractivity (Wildman–Crippen MR) is 68.1 cm³/mol. The lowest BCUT2D eigenvalue weighted by Gasteiger charge is -2.05. The van der Waals surface area contributed by atoms with Gasteiger partial charge in [0.05, 0.1) is 24.2 Å². The Hall–Kier alpha value is -2.01. The lowest BCUT2D eigenvalue weighted by molar-refractivity contribution is 0.395. The second kappa shape index (κ2) is 6.07. The maximum atomic E-state index is 5.07. The summed E-state index contributed by atoms with van der Waals surface area (Å²) >= 11 is 0. The summed E-state index contributed by atoms with van der Waals surface area (Å²) < 4.78 is 5.07. The maximum Gasteiger partial charge on any atom is 0.213 e. The van der Waals surface area contributed by atoms with Crippen molar-refractivity contribution in [1.29, 1.82) is 0 Å². The van der Waals surface area contributed by atoms with E-state index in [1.54, 1.807) is 19.5 Å². The van der Waals surface area contributed by atoms with Crippen LogP contribution in [0.5, 0.6) is 5.88 Å². The molecule has 5 heteroatoms. The van der Waals surface area contributed by atoms with Gasteiger partial charge >= 0.3 is 0 Å². The summed E-state index contributed by atoms with van der Waals surface area (Å²) in [6.07, 6.45) is 3.54. The second-order valence-electron chi connectivity index (χ2n) is 3.92. The molecule has 0 aromatic carbocycles. The van der Waals surface area contributed by atoms with Crippen molar-refractivity contribution in [2.24, 2.45) is 0 Å². The van der Waals surface area contributed by atoms with Crippen LogP contribution in [0, 0.1) is 6.92 Å². The number of nitrogens with one attached hydrogen (secondary N) is 1. The van der Waals surface area contributed by atoms with Gasteiger partial charge < -0.3 is 10.1 Å². The third kappa shape index (κ3) is 3.49. The van der Waals surface area contributed by atoms with Crippen LogP contribution in [0.4, 0.5) is 0 Å². The Morgan fingerprint density at radius 3 is 2.67 bits per heavy atom. The number of pyridine rings is 1. The van der Waals surface area contributed by atoms with E-state index < -0.39 is 0 Å². The predicted octanol–water partition coefficient (Wildman–Crippen LogP) is 1.48. The molecule has 0 amide bonds. The molecule has 0 radical (unpaired) electrons. The summed E-state index contributed by atoms with van der Waals surface area (Å²) in [5.74, 6) is 0.629. The first kappa shape index (κ1) is 12.4. The fraction of sp³-hybridized carbons (Fsp3) is 0.308. The zero-order chi connectivity index (χ0) is 12.8. The standard InChI is InChI=1S/C13H16N4O/c1-10-6-16-12(9-15-10)8-14-7-11-4-3-5-13(17-11)18-2/h3-6,9,14H,7-8H2,1-2H3. The molecule has 0 aliphatic rings. The van der Waals surface area contributed by atoms with Crippen LogP contribution in [-0.4, -0.2) is 22.1 Å². The molecule has 94 valence electrons. The zero-order valence-electron chi connectivity index (χ0n) is 10.6. The van der Waals surface area contributed by atoms with E-state index in [0.717, 1.165) is 17.1 Å². The summed E-state index contributed by atoms with van der Waals surface area (Å²) in [6.45, 7) is 3.27. The fourth-order valence-corrected chi connectivity index (χ4v) is 1.50. The van der Waals surface area contributed by atoms with Gasteiger partial charge in [-0.05, 0) is 13.0 Å². The molecule has 5 nitrogen and oxygen atoms in total. The molecule has 0 bridgehead atoms. The van der Waals surface area contributed by atoms with Gasteiger partial charge in [-0.2, -0.15) is 0 Å². The lowest BCUT2D eigenvalue weighted by atomic mass is 10.3. The van der Waals surface area contributed by atoms with Crippen LogP contribution in [0.15, 0.2) is 30.6 Å². The van der Waals surface area contributed by atoms with Crippen molar-refractivity contribution in [3.05, 3.63) is 47.7 Å². The summed E-state index contributed by atoms with van der Waals surface area (Å²) in [7, 11) is 1.61. The number of ether oxygens (including phenoxy) is 1. The van der Waals surface area contributed by atoms with Gasteiger partial charge in [-0.25, -0.2) is 4.98 Å². The van der Waals surface area contributed by atoms with Crippen LogP contribution in [0.1, 0.15) is 17.1 Å². The molecule has 18 heavy (non-hydrogen) atoms. The third-order valence-corrected chi connectivity index (χ3v) is 2.44. The summed E-state index contributed by atoms with van der Waals surface area (Å²) in [5.41, 5.74) is 2.78. The molecule has 1 N–H and O–H groups in total. The quantitative estimate of drug-likeness (QED) is 0.863. The number of aromatic nitrogens is 3. The third-order valence-electron chi connectivity index (χ3n) is 2.44. The molecular weight excluding hydrogens is 228 g/mol. The molecule has 2 aromatic heterocycles. The van der Waals surface area contributed by atoms with Crippen molar-refractivity contribution in [2.75, 3.05) is 7.11 Å². The van der Waals surface area contributed by atoms with Gasteiger partial charge in [0.15, 0.2) is 0 Å². The first-order valence-corrected chi connectivity index (χ1v) is 5.76. The van der Waals surface area contributed by atoms with Crippen molar-refractivity contribution in [3.8, 4) is 5.88 Å². The lowest BCUT2D eigenvalue weighted by Crippen LogP contribution is -2.15. The summed E-state index contributed by atoms with van der Waals surface area (Å²) in [6, 6.07) is 5.71. The van der Waals surface area contributed by atoms with Crippen LogP contribution >= 0.6 is 0 Å². The maximum absolute atomic E-state index is 5.07. The molecular formula is C13H16N4O. The van der Waals surface area contributed by atoms with Crippen LogP contribution in [-0.2, 0) is 13.1 Å². The number of methoxy groups -OCH3 is 1. The number of nitrogens with zero attached hydrogens (tertiary/aromatic N) is 3. The highest BCUT2D eigenvalue weighted by molar-refractivity contribution is 5.15. The average molecular weight is 244 g/mol. The monoisotopic (exact) mass is 244 g/mol. The van der Waals surface area contributed by atoms with E-state index in [9.17, 15) is 0 Å². The molecule has 0 atom stereocenters. The van der Waals surface area contributed by atoms with Crippen molar-refractivity contribution in [2.45, 2.75) is 20.0 Å². The number of rotatable bonds is 5. The minimum Gasteiger partial charge on any atom is -0.481 e. The molecule has 0 saturated heterocycles. The molecule has 2 rings (SSSR count). The summed E-state index contributed by atoms with van der Waals surface area (Å²) in [4.78, 5) is 12.8. The minimum absolute atomic E-state index is 0.629. The molecule has 0 saturated carbocycles. The molecule has 2 heterocycles.